The van der Waals surface area contributed by atoms with Crippen LogP contribution in [0.5, 0.6) is 5.75 Å². The highest BCUT2D eigenvalue weighted by Crippen LogP contribution is 2.27. The van der Waals surface area contributed by atoms with Gasteiger partial charge in [-0.1, -0.05) is 0 Å². The quantitative estimate of drug-likeness (QED) is 0.695. The van der Waals surface area contributed by atoms with E-state index in [1.54, 1.807) is 37.6 Å². The number of likely N-dealkylation sites (N-methyl/N-ethyl adjacent to an activating group) is 1. The molecule has 28 heavy (non-hydrogen) atoms. The van der Waals surface area contributed by atoms with E-state index in [0.29, 0.717) is 28.6 Å². The van der Waals surface area contributed by atoms with Crippen molar-refractivity contribution in [3.8, 4) is 11.4 Å². The molecule has 1 atom stereocenters. The maximum Gasteiger partial charge on any atom is 0.262 e. The standard InChI is InChI=1S/C22H24FN3O2/c1-24(2)17-9-10-25(14-17)21-7-4-16(13-20(21)23)26-11-8-15-12-18(28-3)5-6-19(15)22(26)27/h4-8,11-13,17H,9-10,14H2,1-3H3/t17-/m1/s1. The molecular weight excluding hydrogens is 357 g/mol. The van der Waals surface area contributed by atoms with E-state index in [1.807, 2.05) is 12.1 Å². The van der Waals surface area contributed by atoms with Crippen molar-refractivity contribution in [2.24, 2.45) is 0 Å². The molecule has 6 heteroatoms. The Kier molecular flexibility index (Phi) is 4.81. The zero-order valence-electron chi connectivity index (χ0n) is 16.4. The highest BCUT2D eigenvalue weighted by Gasteiger charge is 2.26. The molecule has 146 valence electrons. The van der Waals surface area contributed by atoms with Crippen LogP contribution in [-0.4, -0.2) is 49.8 Å². The zero-order valence-corrected chi connectivity index (χ0v) is 16.4. The van der Waals surface area contributed by atoms with Crippen molar-refractivity contribution >= 4 is 16.5 Å². The van der Waals surface area contributed by atoms with Crippen LogP contribution in [0.25, 0.3) is 16.5 Å². The summed E-state index contributed by atoms with van der Waals surface area (Å²) in [5.41, 5.74) is 0.931. The van der Waals surface area contributed by atoms with E-state index in [-0.39, 0.29) is 11.4 Å². The van der Waals surface area contributed by atoms with Crippen LogP contribution in [-0.2, 0) is 0 Å². The number of pyridine rings is 1. The molecule has 5 nitrogen and oxygen atoms in total. The van der Waals surface area contributed by atoms with Gasteiger partial charge in [0.15, 0.2) is 0 Å². The summed E-state index contributed by atoms with van der Waals surface area (Å²) in [6.45, 7) is 1.64. The lowest BCUT2D eigenvalue weighted by atomic mass is 10.1. The van der Waals surface area contributed by atoms with E-state index >= 15 is 0 Å². The molecule has 0 bridgehead atoms. The number of fused-ring (bicyclic) bond motifs is 1. The van der Waals surface area contributed by atoms with Gasteiger partial charge in [-0.3, -0.25) is 9.36 Å². The van der Waals surface area contributed by atoms with Gasteiger partial charge in [0.05, 0.1) is 18.5 Å². The lowest BCUT2D eigenvalue weighted by molar-refractivity contribution is 0.315. The summed E-state index contributed by atoms with van der Waals surface area (Å²) in [5, 5.41) is 1.37. The predicted octanol–water partition coefficient (Wildman–Crippen LogP) is 3.28. The average molecular weight is 381 g/mol. The fourth-order valence-electron chi connectivity index (χ4n) is 3.84. The summed E-state index contributed by atoms with van der Waals surface area (Å²) < 4.78 is 21.6. The monoisotopic (exact) mass is 381 g/mol. The van der Waals surface area contributed by atoms with E-state index in [2.05, 4.69) is 23.9 Å². The molecule has 1 aromatic heterocycles. The maximum absolute atomic E-state index is 14.9. The zero-order chi connectivity index (χ0) is 19.8. The van der Waals surface area contributed by atoms with Crippen LogP contribution in [0.4, 0.5) is 10.1 Å². The molecular formula is C22H24FN3O2. The van der Waals surface area contributed by atoms with Crippen LogP contribution in [0, 0.1) is 5.82 Å². The summed E-state index contributed by atoms with van der Waals surface area (Å²) in [7, 11) is 5.69. The van der Waals surface area contributed by atoms with Gasteiger partial charge in [0, 0.05) is 36.8 Å². The van der Waals surface area contributed by atoms with Crippen LogP contribution in [0.15, 0.2) is 53.5 Å². The van der Waals surface area contributed by atoms with Crippen molar-refractivity contribution in [3.05, 3.63) is 64.8 Å². The first-order valence-corrected chi connectivity index (χ1v) is 9.38. The molecule has 1 aliphatic rings. The van der Waals surface area contributed by atoms with Crippen LogP contribution in [0.1, 0.15) is 6.42 Å². The predicted molar refractivity (Wildman–Crippen MR) is 110 cm³/mol. The Morgan fingerprint density at radius 2 is 1.96 bits per heavy atom. The van der Waals surface area contributed by atoms with Gasteiger partial charge in [0.2, 0.25) is 0 Å². The molecule has 0 radical (unpaired) electrons. The largest absolute Gasteiger partial charge is 0.497 e. The molecule has 0 amide bonds. The minimum atomic E-state index is -0.307. The van der Waals surface area contributed by atoms with Crippen molar-refractivity contribution in [2.75, 3.05) is 39.2 Å². The average Bonchev–Trinajstić information content (AvgIpc) is 3.18. The highest BCUT2D eigenvalue weighted by atomic mass is 19.1. The van der Waals surface area contributed by atoms with Gasteiger partial charge in [-0.05, 0) is 62.3 Å². The lowest BCUT2D eigenvalue weighted by Crippen LogP contribution is -2.31. The Morgan fingerprint density at radius 1 is 1.14 bits per heavy atom. The van der Waals surface area contributed by atoms with Gasteiger partial charge in [0.1, 0.15) is 11.6 Å². The van der Waals surface area contributed by atoms with Gasteiger partial charge >= 0.3 is 0 Å². The fraction of sp³-hybridized carbons (Fsp3) is 0.318. The summed E-state index contributed by atoms with van der Waals surface area (Å²) in [6, 6.07) is 12.6. The third-order valence-corrected chi connectivity index (χ3v) is 5.55. The Labute approximate surface area is 163 Å². The smallest absolute Gasteiger partial charge is 0.262 e. The van der Waals surface area contributed by atoms with Crippen molar-refractivity contribution in [3.63, 3.8) is 0 Å². The maximum atomic E-state index is 14.9. The molecule has 4 rings (SSSR count). The van der Waals surface area contributed by atoms with Gasteiger partial charge in [-0.2, -0.15) is 0 Å². The van der Waals surface area contributed by atoms with Crippen molar-refractivity contribution in [1.29, 1.82) is 0 Å². The number of halogens is 1. The summed E-state index contributed by atoms with van der Waals surface area (Å²) >= 11 is 0. The van der Waals surface area contributed by atoms with E-state index in [4.69, 9.17) is 4.74 Å². The van der Waals surface area contributed by atoms with Crippen molar-refractivity contribution < 1.29 is 9.13 Å². The van der Waals surface area contributed by atoms with E-state index < -0.39 is 0 Å². The van der Waals surface area contributed by atoms with Crippen molar-refractivity contribution in [1.82, 2.24) is 9.47 Å². The molecule has 0 N–H and O–H groups in total. The van der Waals surface area contributed by atoms with Crippen molar-refractivity contribution in [2.45, 2.75) is 12.5 Å². The Hall–Kier alpha value is -2.86. The first kappa shape index (κ1) is 18.5. The van der Waals surface area contributed by atoms with Crippen LogP contribution >= 0.6 is 0 Å². The van der Waals surface area contributed by atoms with Gasteiger partial charge < -0.3 is 14.5 Å². The minimum Gasteiger partial charge on any atom is -0.497 e. The number of hydrogen-bond donors (Lipinski definition) is 0. The highest BCUT2D eigenvalue weighted by molar-refractivity contribution is 5.83. The second-order valence-electron chi connectivity index (χ2n) is 7.43. The molecule has 0 unspecified atom stereocenters. The summed E-state index contributed by atoms with van der Waals surface area (Å²) in [5.74, 6) is 0.389. The second-order valence-corrected chi connectivity index (χ2v) is 7.43. The molecule has 3 aromatic rings. The molecule has 0 saturated carbocycles. The van der Waals surface area contributed by atoms with E-state index in [0.717, 1.165) is 24.9 Å². The number of aromatic nitrogens is 1. The SMILES string of the molecule is COc1ccc2c(=O)n(-c3ccc(N4CC[C@@H](N(C)C)C4)c(F)c3)ccc2c1. The number of ether oxygens (including phenoxy) is 1. The first-order valence-electron chi connectivity index (χ1n) is 9.38. The molecule has 2 heterocycles. The third kappa shape index (κ3) is 3.24. The van der Waals surface area contributed by atoms with Crippen LogP contribution in [0.3, 0.4) is 0 Å². The van der Waals surface area contributed by atoms with Gasteiger partial charge in [-0.15, -0.1) is 0 Å². The van der Waals surface area contributed by atoms with Gasteiger partial charge in [-0.25, -0.2) is 4.39 Å². The molecule has 0 aliphatic carbocycles. The number of nitrogens with zero attached hydrogens (tertiary/aromatic N) is 3. The van der Waals surface area contributed by atoms with Crippen LogP contribution in [0.2, 0.25) is 0 Å². The second kappa shape index (κ2) is 7.28. The molecule has 1 saturated heterocycles. The Balaban J connectivity index is 1.68. The number of hydrogen-bond acceptors (Lipinski definition) is 4. The Morgan fingerprint density at radius 3 is 2.64 bits per heavy atom. The molecule has 1 fully saturated rings. The number of rotatable bonds is 4. The summed E-state index contributed by atoms with van der Waals surface area (Å²) in [4.78, 5) is 17.1. The third-order valence-electron chi connectivity index (χ3n) is 5.55. The van der Waals surface area contributed by atoms with E-state index in [9.17, 15) is 9.18 Å². The number of anilines is 1. The lowest BCUT2D eigenvalue weighted by Gasteiger charge is -2.22. The Bertz CT molecular complexity index is 1080. The molecule has 0 spiro atoms. The first-order chi connectivity index (χ1) is 13.5. The number of methoxy groups -OCH3 is 1. The minimum absolute atomic E-state index is 0.179. The van der Waals surface area contributed by atoms with Crippen LogP contribution < -0.4 is 15.2 Å². The number of benzene rings is 2. The van der Waals surface area contributed by atoms with Gasteiger partial charge in [0.25, 0.3) is 5.56 Å². The fourth-order valence-corrected chi connectivity index (χ4v) is 3.84. The summed E-state index contributed by atoms with van der Waals surface area (Å²) in [6.07, 6.45) is 2.69. The molecule has 1 aliphatic heterocycles. The topological polar surface area (TPSA) is 37.7 Å². The molecule has 2 aromatic carbocycles. The normalized spacial score (nSPS) is 16.9. The van der Waals surface area contributed by atoms with E-state index in [1.165, 1.54) is 10.6 Å².